The second kappa shape index (κ2) is 14.6. The highest BCUT2D eigenvalue weighted by Crippen LogP contribution is 2.29. The summed E-state index contributed by atoms with van der Waals surface area (Å²) < 4.78 is 43.5. The first kappa shape index (κ1) is 32.3. The summed E-state index contributed by atoms with van der Waals surface area (Å²) >= 11 is 0. The summed E-state index contributed by atoms with van der Waals surface area (Å²) in [6, 6.07) is 11.9. The van der Waals surface area contributed by atoms with Crippen molar-refractivity contribution in [3.8, 4) is 17.2 Å². The number of hydrazone groups is 1. The van der Waals surface area contributed by atoms with E-state index in [1.54, 1.807) is 18.2 Å². The number of ether oxygens (including phenoxy) is 1. The van der Waals surface area contributed by atoms with Gasteiger partial charge >= 0.3 is 6.18 Å². The van der Waals surface area contributed by atoms with Gasteiger partial charge < -0.3 is 20.7 Å². The monoisotopic (exact) mass is 595 g/mol. The summed E-state index contributed by atoms with van der Waals surface area (Å²) in [5.74, 6) is -1.21. The normalized spacial score (nSPS) is 12.8. The van der Waals surface area contributed by atoms with Gasteiger partial charge in [0, 0.05) is 0 Å². The molecule has 0 bridgehead atoms. The molecule has 0 radical (unpaired) electrons. The molecule has 1 atom stereocenters. The van der Waals surface area contributed by atoms with Crippen molar-refractivity contribution < 1.29 is 42.5 Å². The molecule has 1 amide bonds. The number of halogens is 3. The quantitative estimate of drug-likeness (QED) is 0.103. The van der Waals surface area contributed by atoms with Crippen LogP contribution in [0, 0.1) is 0 Å². The maximum absolute atomic E-state index is 12.8. The number of hydrogen-bond acceptors (Lipinski definition) is 8. The Bertz CT molecular complexity index is 1560. The zero-order valence-electron chi connectivity index (χ0n) is 22.8. The Labute approximate surface area is 244 Å². The number of ketones is 1. The van der Waals surface area contributed by atoms with Crippen LogP contribution >= 0.6 is 0 Å². The molecule has 0 spiro atoms. The number of alkyl halides is 3. The van der Waals surface area contributed by atoms with Gasteiger partial charge in [-0.3, -0.25) is 14.4 Å². The van der Waals surface area contributed by atoms with E-state index in [4.69, 9.17) is 10.5 Å². The van der Waals surface area contributed by atoms with Gasteiger partial charge in [0.1, 0.15) is 5.75 Å². The predicted molar refractivity (Wildman–Crippen MR) is 155 cm³/mol. The topological polar surface area (TPSA) is 151 Å². The third-order valence-corrected chi connectivity index (χ3v) is 6.05. The highest BCUT2D eigenvalue weighted by atomic mass is 19.4. The summed E-state index contributed by atoms with van der Waals surface area (Å²) in [7, 11) is 1.38. The largest absolute Gasteiger partial charge is 0.507 e. The number of phenols is 2. The van der Waals surface area contributed by atoms with Gasteiger partial charge in [0.05, 0.1) is 36.4 Å². The maximum Gasteiger partial charge on any atom is 0.416 e. The number of nitrogens with one attached hydrogen (secondary N) is 1. The second-order valence-corrected chi connectivity index (χ2v) is 9.26. The number of methoxy groups -OCH3 is 1. The van der Waals surface area contributed by atoms with E-state index in [9.17, 15) is 37.8 Å². The van der Waals surface area contributed by atoms with Crippen LogP contribution in [0.25, 0.3) is 12.2 Å². The zero-order chi connectivity index (χ0) is 31.6. The lowest BCUT2D eigenvalue weighted by atomic mass is 10.0. The molecule has 43 heavy (non-hydrogen) atoms. The molecular formula is C31H28F3N3O6. The first-order valence-corrected chi connectivity index (χ1v) is 12.7. The lowest BCUT2D eigenvalue weighted by Gasteiger charge is -2.12. The summed E-state index contributed by atoms with van der Waals surface area (Å²) in [5, 5.41) is 23.5. The second-order valence-electron chi connectivity index (χ2n) is 9.26. The molecule has 0 saturated carbocycles. The Balaban J connectivity index is 1.76. The minimum Gasteiger partial charge on any atom is -0.507 e. The molecule has 224 valence electrons. The molecule has 0 aliphatic carbocycles. The molecule has 12 heteroatoms. The Morgan fingerprint density at radius 1 is 0.977 bits per heavy atom. The molecule has 3 aromatic carbocycles. The fourth-order valence-electron chi connectivity index (χ4n) is 3.71. The number of hydrogen-bond donors (Lipinski definition) is 4. The van der Waals surface area contributed by atoms with E-state index in [0.717, 1.165) is 12.1 Å². The van der Waals surface area contributed by atoms with Crippen molar-refractivity contribution in [3.63, 3.8) is 0 Å². The van der Waals surface area contributed by atoms with Crippen molar-refractivity contribution in [1.82, 2.24) is 5.43 Å². The van der Waals surface area contributed by atoms with E-state index < -0.39 is 29.5 Å². The Morgan fingerprint density at radius 2 is 1.60 bits per heavy atom. The third kappa shape index (κ3) is 9.68. The van der Waals surface area contributed by atoms with Crippen molar-refractivity contribution in [2.24, 2.45) is 10.8 Å². The van der Waals surface area contributed by atoms with Crippen LogP contribution in [0.3, 0.4) is 0 Å². The summed E-state index contributed by atoms with van der Waals surface area (Å²) in [4.78, 5) is 36.4. The zero-order valence-corrected chi connectivity index (χ0v) is 22.8. The molecule has 9 nitrogen and oxygen atoms in total. The first-order chi connectivity index (χ1) is 20.4. The van der Waals surface area contributed by atoms with Crippen molar-refractivity contribution in [2.45, 2.75) is 25.1 Å². The van der Waals surface area contributed by atoms with Gasteiger partial charge in [-0.25, -0.2) is 5.43 Å². The third-order valence-electron chi connectivity index (χ3n) is 6.05. The van der Waals surface area contributed by atoms with E-state index in [-0.39, 0.29) is 41.4 Å². The first-order valence-electron chi connectivity index (χ1n) is 12.7. The number of carbonyl (C=O) groups excluding carboxylic acids is 3. The van der Waals surface area contributed by atoms with E-state index in [1.165, 1.54) is 61.7 Å². The molecule has 0 heterocycles. The van der Waals surface area contributed by atoms with Gasteiger partial charge in [-0.2, -0.15) is 18.3 Å². The van der Waals surface area contributed by atoms with Gasteiger partial charge in [-0.05, 0) is 71.7 Å². The minimum atomic E-state index is -4.49. The number of phenolic OH excluding ortho intramolecular Hbond substituents is 2. The fourth-order valence-corrected chi connectivity index (χ4v) is 3.71. The van der Waals surface area contributed by atoms with Crippen LogP contribution in [-0.2, 0) is 22.2 Å². The van der Waals surface area contributed by atoms with Gasteiger partial charge in [0.2, 0.25) is 0 Å². The lowest BCUT2D eigenvalue weighted by molar-refractivity contribution is -0.137. The number of allylic oxidation sites excluding steroid dienone is 2. The number of aldehydes is 1. The molecule has 5 N–H and O–H groups in total. The molecule has 0 aliphatic rings. The molecule has 0 unspecified atom stereocenters. The SMILES string of the molecule is COc1cc(/C=C/C(CC(=O)/C=C/c2ccc(O)c(C=O)c2)=N\NC(=O)[C@H](N)Cc2ccc(C(F)(F)F)cc2)ccc1O. The average Bonchev–Trinajstić information content (AvgIpc) is 2.98. The molecule has 0 saturated heterocycles. The highest BCUT2D eigenvalue weighted by molar-refractivity contribution is 6.13. The van der Waals surface area contributed by atoms with Crippen LogP contribution in [0.15, 0.2) is 77.9 Å². The number of nitrogens with zero attached hydrogens (tertiary/aromatic N) is 1. The average molecular weight is 596 g/mol. The van der Waals surface area contributed by atoms with Gasteiger partial charge in [0.25, 0.3) is 5.91 Å². The summed E-state index contributed by atoms with van der Waals surface area (Å²) in [6.45, 7) is 0. The van der Waals surface area contributed by atoms with Crippen LogP contribution in [0.1, 0.15) is 39.0 Å². The van der Waals surface area contributed by atoms with Gasteiger partial charge in [-0.15, -0.1) is 0 Å². The van der Waals surface area contributed by atoms with Crippen LogP contribution in [0.4, 0.5) is 13.2 Å². The minimum absolute atomic E-state index is 0.0551. The molecule has 0 fully saturated rings. The number of aromatic hydroxyl groups is 2. The smallest absolute Gasteiger partial charge is 0.416 e. The predicted octanol–water partition coefficient (Wildman–Crippen LogP) is 4.67. The summed E-state index contributed by atoms with van der Waals surface area (Å²) in [5.41, 5.74) is 9.06. The lowest BCUT2D eigenvalue weighted by Crippen LogP contribution is -2.40. The fraction of sp³-hybridized carbons (Fsp3) is 0.161. The van der Waals surface area contributed by atoms with Crippen LogP contribution < -0.4 is 15.9 Å². The van der Waals surface area contributed by atoms with Crippen LogP contribution in [0.5, 0.6) is 17.2 Å². The number of benzene rings is 3. The number of amides is 1. The Hall–Kier alpha value is -5.23. The number of nitrogens with two attached hydrogens (primary N) is 1. The maximum atomic E-state index is 12.8. The number of rotatable bonds is 12. The molecular weight excluding hydrogens is 567 g/mol. The number of carbonyl (C=O) groups is 3. The molecule has 3 rings (SSSR count). The van der Waals surface area contributed by atoms with E-state index >= 15 is 0 Å². The van der Waals surface area contributed by atoms with E-state index in [2.05, 4.69) is 10.5 Å². The van der Waals surface area contributed by atoms with Crippen molar-refractivity contribution in [3.05, 3.63) is 101 Å². The highest BCUT2D eigenvalue weighted by Gasteiger charge is 2.30. The van der Waals surface area contributed by atoms with Crippen molar-refractivity contribution >= 4 is 35.8 Å². The van der Waals surface area contributed by atoms with Crippen molar-refractivity contribution in [1.29, 1.82) is 0 Å². The standard InChI is InChI=1S/C31H28F3N3O6/c1-43-29-16-21(7-13-28(29)41)4-10-24(17-25(39)11-5-19-6-12-27(40)22(14-19)18-38)36-37-30(42)26(35)15-20-2-8-23(9-3-20)31(32,33)34/h2-14,16,18,26,40-41H,15,17,35H2,1H3,(H,37,42)/b10-4+,11-5+,36-24+/t26-/m1/s1. The molecule has 0 aromatic heterocycles. The Kier molecular flexibility index (Phi) is 11.0. The van der Waals surface area contributed by atoms with Crippen LogP contribution in [0.2, 0.25) is 0 Å². The van der Waals surface area contributed by atoms with Gasteiger partial charge in [0.15, 0.2) is 23.6 Å². The Morgan fingerprint density at radius 3 is 2.23 bits per heavy atom. The molecule has 3 aromatic rings. The van der Waals surface area contributed by atoms with E-state index in [1.807, 2.05) is 0 Å². The molecule has 0 aliphatic heterocycles. The van der Waals surface area contributed by atoms with E-state index in [0.29, 0.717) is 23.0 Å². The van der Waals surface area contributed by atoms with Gasteiger partial charge in [-0.1, -0.05) is 36.4 Å². The summed E-state index contributed by atoms with van der Waals surface area (Å²) in [6.07, 6.45) is 1.38. The van der Waals surface area contributed by atoms with Crippen LogP contribution in [-0.4, -0.2) is 47.1 Å². The van der Waals surface area contributed by atoms with Crippen molar-refractivity contribution in [2.75, 3.05) is 7.11 Å².